The van der Waals surface area contributed by atoms with Crippen LogP contribution in [0.25, 0.3) is 0 Å². The predicted molar refractivity (Wildman–Crippen MR) is 75.4 cm³/mol. The zero-order chi connectivity index (χ0) is 12.0. The number of thioether (sulfide) groups is 1. The molecule has 0 radical (unpaired) electrons. The summed E-state index contributed by atoms with van der Waals surface area (Å²) in [6, 6.07) is 1.97. The molecule has 0 aliphatic rings. The summed E-state index contributed by atoms with van der Waals surface area (Å²) in [6.07, 6.45) is 4.12. The van der Waals surface area contributed by atoms with Crippen molar-refractivity contribution in [1.29, 1.82) is 0 Å². The minimum atomic E-state index is 0.872. The normalized spacial score (nSPS) is 10.5. The number of aromatic nitrogens is 2. The molecule has 3 nitrogen and oxygen atoms in total. The quantitative estimate of drug-likeness (QED) is 0.756. The van der Waals surface area contributed by atoms with Gasteiger partial charge in [-0.05, 0) is 28.6 Å². The maximum Gasteiger partial charge on any atom is 0.133 e. The van der Waals surface area contributed by atoms with E-state index in [1.807, 2.05) is 17.8 Å². The van der Waals surface area contributed by atoms with Gasteiger partial charge < -0.3 is 4.90 Å². The van der Waals surface area contributed by atoms with E-state index in [-0.39, 0.29) is 0 Å². The molecule has 0 saturated carbocycles. The summed E-state index contributed by atoms with van der Waals surface area (Å²) in [6.45, 7) is 3.15. The Bertz CT molecular complexity index is 333. The summed E-state index contributed by atoms with van der Waals surface area (Å²) in [5.41, 5.74) is 0. The molecule has 0 aliphatic carbocycles. The Labute approximate surface area is 110 Å². The third kappa shape index (κ3) is 4.29. The Kier molecular flexibility index (Phi) is 6.13. The van der Waals surface area contributed by atoms with E-state index in [4.69, 9.17) is 0 Å². The third-order valence-corrected chi connectivity index (χ3v) is 3.22. The Morgan fingerprint density at radius 1 is 1.44 bits per heavy atom. The maximum atomic E-state index is 4.55. The van der Waals surface area contributed by atoms with E-state index in [0.717, 1.165) is 41.4 Å². The Balaban J connectivity index is 2.78. The van der Waals surface area contributed by atoms with Gasteiger partial charge in [0.1, 0.15) is 16.2 Å². The average molecular weight is 304 g/mol. The van der Waals surface area contributed by atoms with Gasteiger partial charge in [-0.2, -0.15) is 11.8 Å². The minimum absolute atomic E-state index is 0.872. The lowest BCUT2D eigenvalue weighted by atomic mass is 10.3. The van der Waals surface area contributed by atoms with Crippen molar-refractivity contribution >= 4 is 33.5 Å². The van der Waals surface area contributed by atoms with E-state index < -0.39 is 0 Å². The predicted octanol–water partition coefficient (Wildman–Crippen LogP) is 2.99. The topological polar surface area (TPSA) is 29.0 Å². The second-order valence-corrected chi connectivity index (χ2v) is 5.43. The highest BCUT2D eigenvalue weighted by molar-refractivity contribution is 9.10. The molecule has 0 saturated heterocycles. The fourth-order valence-corrected chi connectivity index (χ4v) is 2.19. The van der Waals surface area contributed by atoms with Gasteiger partial charge in [-0.15, -0.1) is 0 Å². The van der Waals surface area contributed by atoms with Crippen LogP contribution in [0.2, 0.25) is 0 Å². The second-order valence-electron chi connectivity index (χ2n) is 3.63. The van der Waals surface area contributed by atoms with Crippen LogP contribution in [0.3, 0.4) is 0 Å². The molecular weight excluding hydrogens is 286 g/mol. The lowest BCUT2D eigenvalue weighted by Crippen LogP contribution is -2.22. The van der Waals surface area contributed by atoms with Crippen molar-refractivity contribution in [3.63, 3.8) is 0 Å². The molecule has 0 N–H and O–H groups in total. The first-order chi connectivity index (χ1) is 7.67. The van der Waals surface area contributed by atoms with Gasteiger partial charge in [0.15, 0.2) is 0 Å². The monoisotopic (exact) mass is 303 g/mol. The molecule has 1 aromatic rings. The van der Waals surface area contributed by atoms with E-state index in [0.29, 0.717) is 0 Å². The summed E-state index contributed by atoms with van der Waals surface area (Å²) in [5.74, 6) is 3.03. The van der Waals surface area contributed by atoms with Crippen LogP contribution in [-0.2, 0) is 6.42 Å². The van der Waals surface area contributed by atoms with Crippen molar-refractivity contribution in [2.75, 3.05) is 30.5 Å². The molecule has 0 fully saturated rings. The molecule has 0 spiro atoms. The first-order valence-electron chi connectivity index (χ1n) is 5.41. The third-order valence-electron chi connectivity index (χ3n) is 2.22. The minimum Gasteiger partial charge on any atom is -0.359 e. The van der Waals surface area contributed by atoms with E-state index in [2.05, 4.69) is 51.0 Å². The molecule has 0 unspecified atom stereocenters. The molecule has 1 heterocycles. The summed E-state index contributed by atoms with van der Waals surface area (Å²) in [7, 11) is 2.07. The van der Waals surface area contributed by atoms with Crippen molar-refractivity contribution < 1.29 is 0 Å². The van der Waals surface area contributed by atoms with Crippen LogP contribution in [0.4, 0.5) is 5.82 Å². The number of rotatable bonds is 6. The Morgan fingerprint density at radius 2 is 2.19 bits per heavy atom. The SMILES string of the molecule is CCCc1nc(Br)cc(N(C)CCSC)n1. The maximum absolute atomic E-state index is 4.55. The van der Waals surface area contributed by atoms with Crippen LogP contribution in [0.1, 0.15) is 19.2 Å². The molecule has 1 rings (SSSR count). The molecule has 0 aliphatic heterocycles. The van der Waals surface area contributed by atoms with Crippen molar-refractivity contribution in [3.05, 3.63) is 16.5 Å². The summed E-state index contributed by atoms with van der Waals surface area (Å²) in [5, 5.41) is 0. The zero-order valence-electron chi connectivity index (χ0n) is 10.0. The summed E-state index contributed by atoms with van der Waals surface area (Å²) >= 11 is 5.28. The number of nitrogens with zero attached hydrogens (tertiary/aromatic N) is 3. The first-order valence-corrected chi connectivity index (χ1v) is 7.59. The molecule has 0 amide bonds. The number of halogens is 1. The van der Waals surface area contributed by atoms with E-state index in [1.165, 1.54) is 0 Å². The van der Waals surface area contributed by atoms with Crippen LogP contribution >= 0.6 is 27.7 Å². The van der Waals surface area contributed by atoms with Crippen molar-refractivity contribution in [2.24, 2.45) is 0 Å². The van der Waals surface area contributed by atoms with Gasteiger partial charge in [0.2, 0.25) is 0 Å². The molecule has 5 heteroatoms. The van der Waals surface area contributed by atoms with Crippen LogP contribution in [0.5, 0.6) is 0 Å². The van der Waals surface area contributed by atoms with Gasteiger partial charge in [-0.1, -0.05) is 6.92 Å². The van der Waals surface area contributed by atoms with Crippen LogP contribution in [0, 0.1) is 0 Å². The van der Waals surface area contributed by atoms with E-state index in [9.17, 15) is 0 Å². The summed E-state index contributed by atoms with van der Waals surface area (Å²) < 4.78 is 0.872. The van der Waals surface area contributed by atoms with Gasteiger partial charge in [0, 0.05) is 31.8 Å². The number of anilines is 1. The molecule has 90 valence electrons. The Hall–Kier alpha value is -0.290. The largest absolute Gasteiger partial charge is 0.359 e. The van der Waals surface area contributed by atoms with Crippen LogP contribution in [-0.4, -0.2) is 35.6 Å². The van der Waals surface area contributed by atoms with Crippen molar-refractivity contribution in [2.45, 2.75) is 19.8 Å². The smallest absolute Gasteiger partial charge is 0.133 e. The van der Waals surface area contributed by atoms with Crippen LogP contribution in [0.15, 0.2) is 10.7 Å². The molecule has 0 bridgehead atoms. The van der Waals surface area contributed by atoms with E-state index in [1.54, 1.807) is 0 Å². The van der Waals surface area contributed by atoms with Crippen molar-refractivity contribution in [1.82, 2.24) is 9.97 Å². The highest BCUT2D eigenvalue weighted by Gasteiger charge is 2.06. The van der Waals surface area contributed by atoms with Gasteiger partial charge in [0.05, 0.1) is 0 Å². The van der Waals surface area contributed by atoms with Gasteiger partial charge in [-0.25, -0.2) is 9.97 Å². The zero-order valence-corrected chi connectivity index (χ0v) is 12.4. The highest BCUT2D eigenvalue weighted by atomic mass is 79.9. The molecular formula is C11H18BrN3S. The van der Waals surface area contributed by atoms with E-state index >= 15 is 0 Å². The summed E-state index contributed by atoms with van der Waals surface area (Å²) in [4.78, 5) is 11.1. The molecule has 1 aromatic heterocycles. The first kappa shape index (κ1) is 13.8. The van der Waals surface area contributed by atoms with Gasteiger partial charge in [0.25, 0.3) is 0 Å². The van der Waals surface area contributed by atoms with Gasteiger partial charge in [-0.3, -0.25) is 0 Å². The lowest BCUT2D eigenvalue weighted by Gasteiger charge is -2.18. The number of hydrogen-bond acceptors (Lipinski definition) is 4. The Morgan fingerprint density at radius 3 is 2.81 bits per heavy atom. The number of aryl methyl sites for hydroxylation is 1. The van der Waals surface area contributed by atoms with Crippen LogP contribution < -0.4 is 4.90 Å². The highest BCUT2D eigenvalue weighted by Crippen LogP contribution is 2.16. The molecule has 0 aromatic carbocycles. The van der Waals surface area contributed by atoms with Crippen molar-refractivity contribution in [3.8, 4) is 0 Å². The fourth-order valence-electron chi connectivity index (χ4n) is 1.33. The average Bonchev–Trinajstić information content (AvgIpc) is 2.25. The van der Waals surface area contributed by atoms with Gasteiger partial charge >= 0.3 is 0 Å². The number of hydrogen-bond donors (Lipinski definition) is 0. The standard InChI is InChI=1S/C11H18BrN3S/c1-4-5-10-13-9(12)8-11(14-10)15(2)6-7-16-3/h8H,4-7H2,1-3H3. The molecule has 0 atom stereocenters. The fraction of sp³-hybridized carbons (Fsp3) is 0.636. The second kappa shape index (κ2) is 7.12. The lowest BCUT2D eigenvalue weighted by molar-refractivity contribution is 0.814. The molecule has 16 heavy (non-hydrogen) atoms.